The first kappa shape index (κ1) is 21.0. The number of rotatable bonds is 7. The Balaban J connectivity index is 1.45. The molecule has 0 N–H and O–H groups in total. The van der Waals surface area contributed by atoms with Crippen molar-refractivity contribution in [3.05, 3.63) is 0 Å². The highest BCUT2D eigenvalue weighted by molar-refractivity contribution is 5.07. The van der Waals surface area contributed by atoms with E-state index in [1.165, 1.54) is 38.5 Å². The Bertz CT molecular complexity index is 513. The van der Waals surface area contributed by atoms with Crippen molar-refractivity contribution in [2.24, 2.45) is 35.0 Å². The second-order valence-corrected chi connectivity index (χ2v) is 9.98. The van der Waals surface area contributed by atoms with Gasteiger partial charge in [-0.3, -0.25) is 0 Å². The van der Waals surface area contributed by atoms with Crippen molar-refractivity contribution in [3.63, 3.8) is 0 Å². The molecule has 0 bridgehead atoms. The molecule has 162 valence electrons. The average molecular weight is 397 g/mol. The quantitative estimate of drug-likeness (QED) is 0.602. The Morgan fingerprint density at radius 3 is 2.29 bits per heavy atom. The first-order valence-electron chi connectivity index (χ1n) is 11.4. The van der Waals surface area contributed by atoms with Crippen molar-refractivity contribution < 1.29 is 23.7 Å². The molecule has 0 heterocycles. The molecule has 28 heavy (non-hydrogen) atoms. The lowest BCUT2D eigenvalue weighted by Gasteiger charge is -2.56. The van der Waals surface area contributed by atoms with Gasteiger partial charge >= 0.3 is 0 Å². The molecule has 0 saturated heterocycles. The molecular weight excluding hydrogens is 356 g/mol. The molecule has 4 fully saturated rings. The molecule has 4 rings (SSSR count). The first-order chi connectivity index (χ1) is 13.6. The molecule has 4 aliphatic carbocycles. The van der Waals surface area contributed by atoms with Gasteiger partial charge in [-0.2, -0.15) is 0 Å². The minimum absolute atomic E-state index is 0.190. The summed E-state index contributed by atoms with van der Waals surface area (Å²) in [6, 6.07) is 0. The Labute approximate surface area is 170 Å². The monoisotopic (exact) mass is 396 g/mol. The van der Waals surface area contributed by atoms with Gasteiger partial charge < -0.3 is 23.7 Å². The van der Waals surface area contributed by atoms with Gasteiger partial charge in [0.2, 0.25) is 0 Å². The molecule has 0 radical (unpaired) electrons. The lowest BCUT2D eigenvalue weighted by Crippen LogP contribution is -2.53. The fourth-order valence-corrected chi connectivity index (χ4v) is 7.72. The molecule has 0 aromatic carbocycles. The second-order valence-electron chi connectivity index (χ2n) is 9.98. The summed E-state index contributed by atoms with van der Waals surface area (Å²) in [5, 5.41) is 0. The summed E-state index contributed by atoms with van der Waals surface area (Å²) < 4.78 is 28.4. The highest BCUT2D eigenvalue weighted by Crippen LogP contribution is 2.63. The summed E-state index contributed by atoms with van der Waals surface area (Å²) in [5.41, 5.74) is 0.339. The molecule has 0 aromatic rings. The maximum atomic E-state index is 6.13. The minimum Gasteiger partial charge on any atom is -0.379 e. The average Bonchev–Trinajstić information content (AvgIpc) is 3.05. The van der Waals surface area contributed by atoms with Crippen LogP contribution in [-0.2, 0) is 23.7 Å². The van der Waals surface area contributed by atoms with E-state index in [9.17, 15) is 0 Å². The molecule has 5 nitrogen and oxygen atoms in total. The maximum absolute atomic E-state index is 6.13. The summed E-state index contributed by atoms with van der Waals surface area (Å²) in [4.78, 5) is 0. The van der Waals surface area contributed by atoms with Crippen LogP contribution in [0.1, 0.15) is 58.3 Å². The van der Waals surface area contributed by atoms with Crippen molar-refractivity contribution >= 4 is 0 Å². The zero-order valence-electron chi connectivity index (χ0n) is 18.2. The van der Waals surface area contributed by atoms with E-state index in [0.717, 1.165) is 42.4 Å². The predicted octanol–water partition coefficient (Wildman–Crippen LogP) is 4.24. The molecule has 3 unspecified atom stereocenters. The van der Waals surface area contributed by atoms with Crippen LogP contribution in [0.15, 0.2) is 0 Å². The van der Waals surface area contributed by atoms with Crippen LogP contribution in [0.3, 0.4) is 0 Å². The van der Waals surface area contributed by atoms with E-state index in [2.05, 4.69) is 6.92 Å². The van der Waals surface area contributed by atoms with Crippen LogP contribution in [0.5, 0.6) is 0 Å². The van der Waals surface area contributed by atoms with Crippen LogP contribution < -0.4 is 0 Å². The molecule has 5 heteroatoms. The highest BCUT2D eigenvalue weighted by atomic mass is 16.7. The Morgan fingerprint density at radius 2 is 1.54 bits per heavy atom. The fraction of sp³-hybridized carbons (Fsp3) is 1.00. The van der Waals surface area contributed by atoms with Gasteiger partial charge in [0.25, 0.3) is 0 Å². The molecule has 0 aliphatic heterocycles. The molecular formula is C23H40O5. The largest absolute Gasteiger partial charge is 0.379 e. The topological polar surface area (TPSA) is 46.2 Å². The molecule has 0 amide bonds. The van der Waals surface area contributed by atoms with Gasteiger partial charge in [0.05, 0.1) is 18.3 Å². The summed E-state index contributed by atoms with van der Waals surface area (Å²) in [6.07, 6.45) is 11.0. The van der Waals surface area contributed by atoms with Crippen molar-refractivity contribution in [1.82, 2.24) is 0 Å². The third-order valence-corrected chi connectivity index (χ3v) is 8.98. The van der Waals surface area contributed by atoms with Crippen LogP contribution in [0.25, 0.3) is 0 Å². The summed E-state index contributed by atoms with van der Waals surface area (Å²) in [5.74, 6) is 4.14. The van der Waals surface area contributed by atoms with Crippen LogP contribution in [-0.4, -0.2) is 53.2 Å². The number of fused-ring (bicyclic) bond motifs is 5. The van der Waals surface area contributed by atoms with Crippen LogP contribution in [0.2, 0.25) is 0 Å². The van der Waals surface area contributed by atoms with E-state index in [-0.39, 0.29) is 12.2 Å². The van der Waals surface area contributed by atoms with Crippen molar-refractivity contribution in [2.75, 3.05) is 34.9 Å². The van der Waals surface area contributed by atoms with Crippen molar-refractivity contribution in [3.8, 4) is 0 Å². The van der Waals surface area contributed by atoms with E-state index in [0.29, 0.717) is 25.1 Å². The molecule has 4 saturated carbocycles. The Hall–Kier alpha value is -0.200. The SMILES string of the molecule is COCOC1CC2CC[C@@H]3[C@H](CC[C@]4(C)[C@@H](OCOC)CC[C@@H]34)[C@H]2CC1OC. The normalized spacial score (nSPS) is 48.0. The van der Waals surface area contributed by atoms with Crippen LogP contribution >= 0.6 is 0 Å². The molecule has 0 spiro atoms. The fourth-order valence-electron chi connectivity index (χ4n) is 7.72. The lowest BCUT2D eigenvalue weighted by atomic mass is 9.50. The summed E-state index contributed by atoms with van der Waals surface area (Å²) in [6.45, 7) is 3.31. The van der Waals surface area contributed by atoms with E-state index in [4.69, 9.17) is 23.7 Å². The number of hydrogen-bond donors (Lipinski definition) is 0. The zero-order valence-corrected chi connectivity index (χ0v) is 18.2. The standard InChI is InChI=1S/C23H40O5/c1-23-10-9-16-17(19(23)7-8-22(23)28-14-25-3)6-5-15-11-21(27-13-24-2)20(26-4)12-18(15)16/h15-22H,5-14H2,1-4H3/t15?,16-,17+,18-,19-,20?,21?,22-,23-/m0/s1. The number of hydrogen-bond acceptors (Lipinski definition) is 5. The summed E-state index contributed by atoms with van der Waals surface area (Å²) >= 11 is 0. The second kappa shape index (κ2) is 8.89. The highest BCUT2D eigenvalue weighted by Gasteiger charge is 2.58. The van der Waals surface area contributed by atoms with Crippen LogP contribution in [0.4, 0.5) is 0 Å². The zero-order chi connectivity index (χ0) is 19.7. The third-order valence-electron chi connectivity index (χ3n) is 8.98. The number of ether oxygens (including phenoxy) is 5. The van der Waals surface area contributed by atoms with E-state index in [1.807, 2.05) is 7.11 Å². The van der Waals surface area contributed by atoms with Crippen molar-refractivity contribution in [2.45, 2.75) is 76.6 Å². The van der Waals surface area contributed by atoms with Gasteiger partial charge in [-0.15, -0.1) is 0 Å². The Kier molecular flexibility index (Phi) is 6.68. The van der Waals surface area contributed by atoms with E-state index >= 15 is 0 Å². The lowest BCUT2D eigenvalue weighted by molar-refractivity contribution is -0.175. The van der Waals surface area contributed by atoms with E-state index < -0.39 is 0 Å². The summed E-state index contributed by atoms with van der Waals surface area (Å²) in [7, 11) is 5.27. The first-order valence-corrected chi connectivity index (χ1v) is 11.4. The smallest absolute Gasteiger partial charge is 0.146 e. The predicted molar refractivity (Wildman–Crippen MR) is 107 cm³/mol. The van der Waals surface area contributed by atoms with Gasteiger partial charge in [-0.1, -0.05) is 6.92 Å². The molecule has 9 atom stereocenters. The van der Waals surface area contributed by atoms with E-state index in [1.54, 1.807) is 14.2 Å². The van der Waals surface area contributed by atoms with Gasteiger partial charge in [0, 0.05) is 21.3 Å². The number of methoxy groups -OCH3 is 3. The molecule has 0 aromatic heterocycles. The molecule has 4 aliphatic rings. The van der Waals surface area contributed by atoms with Gasteiger partial charge in [-0.25, -0.2) is 0 Å². The van der Waals surface area contributed by atoms with Crippen LogP contribution in [0, 0.1) is 35.0 Å². The van der Waals surface area contributed by atoms with Crippen molar-refractivity contribution in [1.29, 1.82) is 0 Å². The Morgan fingerprint density at radius 1 is 0.750 bits per heavy atom. The van der Waals surface area contributed by atoms with Gasteiger partial charge in [-0.05, 0) is 86.4 Å². The minimum atomic E-state index is 0.190. The third kappa shape index (κ3) is 3.66. The van der Waals surface area contributed by atoms with Gasteiger partial charge in [0.1, 0.15) is 13.6 Å². The maximum Gasteiger partial charge on any atom is 0.146 e. The van der Waals surface area contributed by atoms with Gasteiger partial charge in [0.15, 0.2) is 0 Å².